The summed E-state index contributed by atoms with van der Waals surface area (Å²) in [5.74, 6) is 1.68. The normalized spacial score (nSPS) is 17.5. The van der Waals surface area contributed by atoms with Gasteiger partial charge in [0.15, 0.2) is 5.65 Å². The van der Waals surface area contributed by atoms with E-state index >= 15 is 0 Å². The van der Waals surface area contributed by atoms with Crippen molar-refractivity contribution in [3.05, 3.63) is 12.0 Å². The standard InChI is InChI=1S/C14H22N6O/c1-15-13-11-8-16-19(2)14(11)18-12(17-13)9-20-6-4-10(21-3)5-7-20/h8,10H,4-7,9H2,1-3H3,(H,15,17,18). The van der Waals surface area contributed by atoms with Crippen molar-refractivity contribution in [1.29, 1.82) is 0 Å². The van der Waals surface area contributed by atoms with E-state index < -0.39 is 0 Å². The molecule has 0 amide bonds. The number of likely N-dealkylation sites (tertiary alicyclic amines) is 1. The first kappa shape index (κ1) is 14.2. The van der Waals surface area contributed by atoms with E-state index in [9.17, 15) is 0 Å². The molecule has 3 heterocycles. The minimum atomic E-state index is 0.398. The lowest BCUT2D eigenvalue weighted by atomic mass is 10.1. The van der Waals surface area contributed by atoms with E-state index in [1.54, 1.807) is 18.0 Å². The van der Waals surface area contributed by atoms with Crippen LogP contribution >= 0.6 is 0 Å². The van der Waals surface area contributed by atoms with Gasteiger partial charge in [0.2, 0.25) is 0 Å². The van der Waals surface area contributed by atoms with Crippen LogP contribution < -0.4 is 5.32 Å². The summed E-state index contributed by atoms with van der Waals surface area (Å²) in [6.07, 6.45) is 4.34. The Morgan fingerprint density at radius 2 is 2.10 bits per heavy atom. The highest BCUT2D eigenvalue weighted by Crippen LogP contribution is 2.20. The molecule has 0 spiro atoms. The van der Waals surface area contributed by atoms with E-state index in [1.165, 1.54) is 0 Å². The summed E-state index contributed by atoms with van der Waals surface area (Å²) < 4.78 is 7.20. The molecule has 1 saturated heterocycles. The van der Waals surface area contributed by atoms with Crippen LogP contribution in [0.1, 0.15) is 18.7 Å². The maximum atomic E-state index is 5.41. The lowest BCUT2D eigenvalue weighted by Gasteiger charge is -2.30. The number of hydrogen-bond donors (Lipinski definition) is 1. The summed E-state index contributed by atoms with van der Waals surface area (Å²) >= 11 is 0. The molecule has 1 aliphatic rings. The Hall–Kier alpha value is -1.73. The van der Waals surface area contributed by atoms with Gasteiger partial charge in [0.25, 0.3) is 0 Å². The highest BCUT2D eigenvalue weighted by Gasteiger charge is 2.20. The van der Waals surface area contributed by atoms with Crippen LogP contribution in [0.4, 0.5) is 5.82 Å². The number of ether oxygens (including phenoxy) is 1. The molecule has 21 heavy (non-hydrogen) atoms. The number of aromatic nitrogens is 4. The molecule has 0 aromatic carbocycles. The average molecular weight is 290 g/mol. The van der Waals surface area contributed by atoms with Crippen molar-refractivity contribution in [2.45, 2.75) is 25.5 Å². The molecule has 1 N–H and O–H groups in total. The summed E-state index contributed by atoms with van der Waals surface area (Å²) in [6, 6.07) is 0. The Morgan fingerprint density at radius 1 is 1.33 bits per heavy atom. The molecule has 1 aliphatic heterocycles. The van der Waals surface area contributed by atoms with Gasteiger partial charge in [-0.1, -0.05) is 0 Å². The van der Waals surface area contributed by atoms with E-state index in [2.05, 4.69) is 25.3 Å². The molecule has 2 aromatic rings. The van der Waals surface area contributed by atoms with Gasteiger partial charge in [-0.15, -0.1) is 0 Å². The molecule has 0 atom stereocenters. The predicted octanol–water partition coefficient (Wildman–Crippen LogP) is 1.02. The topological polar surface area (TPSA) is 68.1 Å². The maximum absolute atomic E-state index is 5.41. The van der Waals surface area contributed by atoms with Gasteiger partial charge >= 0.3 is 0 Å². The second-order valence-corrected chi connectivity index (χ2v) is 5.46. The number of anilines is 1. The first-order chi connectivity index (χ1) is 10.2. The minimum absolute atomic E-state index is 0.398. The fourth-order valence-electron chi connectivity index (χ4n) is 2.83. The average Bonchev–Trinajstić information content (AvgIpc) is 2.89. The largest absolute Gasteiger partial charge is 0.381 e. The van der Waals surface area contributed by atoms with Crippen LogP contribution in [0.25, 0.3) is 11.0 Å². The van der Waals surface area contributed by atoms with E-state index in [1.807, 2.05) is 14.1 Å². The van der Waals surface area contributed by atoms with Gasteiger partial charge in [-0.05, 0) is 12.8 Å². The maximum Gasteiger partial charge on any atom is 0.163 e. The zero-order valence-electron chi connectivity index (χ0n) is 12.8. The van der Waals surface area contributed by atoms with Crippen molar-refractivity contribution in [3.63, 3.8) is 0 Å². The summed E-state index contributed by atoms with van der Waals surface area (Å²) in [7, 11) is 5.57. The quantitative estimate of drug-likeness (QED) is 0.906. The van der Waals surface area contributed by atoms with Gasteiger partial charge in [-0.3, -0.25) is 9.58 Å². The van der Waals surface area contributed by atoms with Crippen LogP contribution in [0, 0.1) is 0 Å². The van der Waals surface area contributed by atoms with Gasteiger partial charge < -0.3 is 10.1 Å². The van der Waals surface area contributed by atoms with Crippen molar-refractivity contribution in [2.75, 3.05) is 32.6 Å². The molecular weight excluding hydrogens is 268 g/mol. The van der Waals surface area contributed by atoms with E-state index in [0.29, 0.717) is 6.10 Å². The monoisotopic (exact) mass is 290 g/mol. The SMILES string of the molecule is CNc1nc(CN2CCC(OC)CC2)nc2c1cnn2C. The van der Waals surface area contributed by atoms with Gasteiger partial charge in [-0.2, -0.15) is 5.10 Å². The molecular formula is C14H22N6O. The molecule has 7 heteroatoms. The lowest BCUT2D eigenvalue weighted by molar-refractivity contribution is 0.0382. The summed E-state index contributed by atoms with van der Waals surface area (Å²) in [5.41, 5.74) is 0.871. The fourth-order valence-corrected chi connectivity index (χ4v) is 2.83. The third-order valence-electron chi connectivity index (χ3n) is 4.11. The lowest BCUT2D eigenvalue weighted by Crippen LogP contribution is -2.36. The smallest absolute Gasteiger partial charge is 0.163 e. The Balaban J connectivity index is 1.79. The highest BCUT2D eigenvalue weighted by atomic mass is 16.5. The van der Waals surface area contributed by atoms with Crippen LogP contribution in [-0.4, -0.2) is 58.0 Å². The number of methoxy groups -OCH3 is 1. The van der Waals surface area contributed by atoms with Crippen LogP contribution in [0.5, 0.6) is 0 Å². The van der Waals surface area contributed by atoms with Gasteiger partial charge in [0.05, 0.1) is 24.2 Å². The van der Waals surface area contributed by atoms with Crippen molar-refractivity contribution >= 4 is 16.9 Å². The number of fused-ring (bicyclic) bond motifs is 1. The van der Waals surface area contributed by atoms with Gasteiger partial charge in [0, 0.05) is 34.3 Å². The van der Waals surface area contributed by atoms with Crippen LogP contribution in [0.2, 0.25) is 0 Å². The van der Waals surface area contributed by atoms with Gasteiger partial charge in [0.1, 0.15) is 11.6 Å². The van der Waals surface area contributed by atoms with Crippen LogP contribution in [-0.2, 0) is 18.3 Å². The third-order valence-corrected chi connectivity index (χ3v) is 4.11. The second kappa shape index (κ2) is 5.95. The predicted molar refractivity (Wildman–Crippen MR) is 81.2 cm³/mol. The first-order valence-electron chi connectivity index (χ1n) is 7.32. The molecule has 0 bridgehead atoms. The zero-order valence-corrected chi connectivity index (χ0v) is 12.8. The molecule has 3 rings (SSSR count). The Kier molecular flexibility index (Phi) is 4.03. The number of rotatable bonds is 4. The fraction of sp³-hybridized carbons (Fsp3) is 0.643. The molecule has 0 unspecified atom stereocenters. The van der Waals surface area contributed by atoms with Crippen LogP contribution in [0.3, 0.4) is 0 Å². The summed E-state index contributed by atoms with van der Waals surface area (Å²) in [6.45, 7) is 2.83. The number of nitrogens with one attached hydrogen (secondary N) is 1. The summed E-state index contributed by atoms with van der Waals surface area (Å²) in [4.78, 5) is 11.7. The molecule has 1 fully saturated rings. The molecule has 7 nitrogen and oxygen atoms in total. The highest BCUT2D eigenvalue weighted by molar-refractivity contribution is 5.86. The number of aryl methyl sites for hydroxylation is 1. The number of nitrogens with zero attached hydrogens (tertiary/aromatic N) is 5. The molecule has 2 aromatic heterocycles. The zero-order chi connectivity index (χ0) is 14.8. The molecule has 0 saturated carbocycles. The summed E-state index contributed by atoms with van der Waals surface area (Å²) in [5, 5.41) is 8.35. The van der Waals surface area contributed by atoms with Crippen molar-refractivity contribution in [1.82, 2.24) is 24.6 Å². The van der Waals surface area contributed by atoms with Crippen molar-refractivity contribution < 1.29 is 4.74 Å². The third kappa shape index (κ3) is 2.84. The number of piperidine rings is 1. The number of hydrogen-bond acceptors (Lipinski definition) is 6. The van der Waals surface area contributed by atoms with E-state index in [0.717, 1.165) is 55.2 Å². The van der Waals surface area contributed by atoms with Crippen molar-refractivity contribution in [3.8, 4) is 0 Å². The van der Waals surface area contributed by atoms with E-state index in [4.69, 9.17) is 4.74 Å². The van der Waals surface area contributed by atoms with E-state index in [-0.39, 0.29) is 0 Å². The second-order valence-electron chi connectivity index (χ2n) is 5.46. The Labute approximate surface area is 124 Å². The van der Waals surface area contributed by atoms with Crippen LogP contribution in [0.15, 0.2) is 6.20 Å². The molecule has 0 aliphatic carbocycles. The molecule has 114 valence electrons. The minimum Gasteiger partial charge on any atom is -0.381 e. The molecule has 0 radical (unpaired) electrons. The Morgan fingerprint density at radius 3 is 2.76 bits per heavy atom. The first-order valence-corrected chi connectivity index (χ1v) is 7.32. The van der Waals surface area contributed by atoms with Gasteiger partial charge in [-0.25, -0.2) is 9.97 Å². The van der Waals surface area contributed by atoms with Crippen molar-refractivity contribution in [2.24, 2.45) is 7.05 Å². The Bertz CT molecular complexity index is 617.